The summed E-state index contributed by atoms with van der Waals surface area (Å²) in [4.78, 5) is 51.2. The average Bonchev–Trinajstić information content (AvgIpc) is 3.41. The maximum Gasteiger partial charge on any atom is 0.335 e. The van der Waals surface area contributed by atoms with Crippen molar-refractivity contribution in [1.82, 2.24) is 0 Å². The molecule has 1 saturated heterocycles. The number of aliphatic carboxylic acids is 1. The van der Waals surface area contributed by atoms with Gasteiger partial charge in [-0.25, -0.2) is 4.79 Å². The molecule has 77 heavy (non-hydrogen) atoms. The molecule has 0 spiro atoms. The van der Waals surface area contributed by atoms with Gasteiger partial charge in [-0.05, 0) is 44.9 Å². The van der Waals surface area contributed by atoms with Crippen LogP contribution in [0.4, 0.5) is 0 Å². The Kier molecular flexibility index (Phi) is 50.9. The maximum atomic E-state index is 13.1. The molecule has 452 valence electrons. The van der Waals surface area contributed by atoms with E-state index in [9.17, 15) is 34.5 Å². The monoisotopic (exact) mass is 1090 g/mol. The van der Waals surface area contributed by atoms with Crippen molar-refractivity contribution < 1.29 is 58.2 Å². The molecule has 0 aliphatic carbocycles. The van der Waals surface area contributed by atoms with Gasteiger partial charge in [-0.2, -0.15) is 0 Å². The molecule has 6 unspecified atom stereocenters. The van der Waals surface area contributed by atoms with Crippen molar-refractivity contribution in [3.8, 4) is 0 Å². The topological polar surface area (TPSA) is 175 Å². The predicted molar refractivity (Wildman–Crippen MR) is 313 cm³/mol. The first-order valence-electron chi connectivity index (χ1n) is 32.7. The smallest absolute Gasteiger partial charge is 0.335 e. The lowest BCUT2D eigenvalue weighted by atomic mass is 9.98. The summed E-state index contributed by atoms with van der Waals surface area (Å²) in [5.41, 5.74) is 0. The molecule has 6 atom stereocenters. The molecule has 12 heteroatoms. The van der Waals surface area contributed by atoms with Crippen LogP contribution in [0.5, 0.6) is 0 Å². The van der Waals surface area contributed by atoms with Gasteiger partial charge in [-0.1, -0.05) is 277 Å². The summed E-state index contributed by atoms with van der Waals surface area (Å²) >= 11 is 0. The van der Waals surface area contributed by atoms with Crippen LogP contribution in [0.1, 0.15) is 329 Å². The van der Waals surface area contributed by atoms with Crippen LogP contribution in [0.15, 0.2) is 12.2 Å². The number of allylic oxidation sites excluding steroid dienone is 2. The fourth-order valence-electron chi connectivity index (χ4n) is 10.3. The zero-order valence-corrected chi connectivity index (χ0v) is 50.0. The van der Waals surface area contributed by atoms with Gasteiger partial charge in [0, 0.05) is 19.3 Å². The summed E-state index contributed by atoms with van der Waals surface area (Å²) in [5.74, 6) is -3.08. The van der Waals surface area contributed by atoms with Crippen molar-refractivity contribution in [2.75, 3.05) is 13.2 Å². The SMILES string of the molecule is CCCCCCCC/C=C\CCCCCCCCCCCC(=O)OCC(COC1OC(C(=O)O)C(O)C(O)C1OC(=O)CCCCCCCCCCCCCCCCCCC)OC(=O)CCCCCCCCCCCCC. The van der Waals surface area contributed by atoms with Crippen molar-refractivity contribution in [3.05, 3.63) is 12.2 Å². The maximum absolute atomic E-state index is 13.1. The number of hydrogen-bond donors (Lipinski definition) is 3. The molecule has 1 rings (SSSR count). The minimum Gasteiger partial charge on any atom is -0.479 e. The first-order chi connectivity index (χ1) is 37.6. The van der Waals surface area contributed by atoms with Crippen molar-refractivity contribution in [3.63, 3.8) is 0 Å². The van der Waals surface area contributed by atoms with Gasteiger partial charge < -0.3 is 39.0 Å². The number of aliphatic hydroxyl groups is 2. The number of carboxylic acid groups (broad SMARTS) is 1. The third kappa shape index (κ3) is 43.9. The second-order valence-electron chi connectivity index (χ2n) is 22.8. The molecule has 1 fully saturated rings. The van der Waals surface area contributed by atoms with Gasteiger partial charge in [0.25, 0.3) is 0 Å². The second kappa shape index (κ2) is 54.1. The first-order valence-corrected chi connectivity index (χ1v) is 32.7. The highest BCUT2D eigenvalue weighted by molar-refractivity contribution is 5.74. The molecule has 0 bridgehead atoms. The molecular formula is C65H120O12. The number of unbranched alkanes of at least 4 members (excludes halogenated alkanes) is 41. The van der Waals surface area contributed by atoms with Gasteiger partial charge >= 0.3 is 23.9 Å². The van der Waals surface area contributed by atoms with E-state index < -0.39 is 67.3 Å². The van der Waals surface area contributed by atoms with Gasteiger partial charge in [0.15, 0.2) is 24.6 Å². The number of rotatable bonds is 57. The van der Waals surface area contributed by atoms with Gasteiger partial charge in [-0.3, -0.25) is 14.4 Å². The Morgan fingerprint density at radius 2 is 0.740 bits per heavy atom. The van der Waals surface area contributed by atoms with E-state index >= 15 is 0 Å². The standard InChI is InChI=1S/C65H120O12/c1-4-7-10-13-16-19-22-24-26-28-29-31-32-34-37-39-42-45-48-51-57(66)73-54-56(75-58(67)52-49-46-43-40-36-21-18-15-12-9-6-3)55-74-65-63(61(70)60(69)62(77-65)64(71)72)76-59(68)53-50-47-44-41-38-35-33-30-27-25-23-20-17-14-11-8-5-2/h24,26,56,60-63,65,69-70H,4-23,25,27-55H2,1-3H3,(H,71,72)/b26-24-. The highest BCUT2D eigenvalue weighted by Gasteiger charge is 2.50. The third-order valence-corrected chi connectivity index (χ3v) is 15.3. The fraction of sp³-hybridized carbons (Fsp3) is 0.908. The van der Waals surface area contributed by atoms with Crippen LogP contribution in [-0.2, 0) is 42.9 Å². The van der Waals surface area contributed by atoms with E-state index in [4.69, 9.17) is 23.7 Å². The zero-order valence-electron chi connectivity index (χ0n) is 50.0. The van der Waals surface area contributed by atoms with Crippen LogP contribution in [0.3, 0.4) is 0 Å². The number of hydrogen-bond acceptors (Lipinski definition) is 11. The number of carboxylic acids is 1. The van der Waals surface area contributed by atoms with E-state index in [1.54, 1.807) is 0 Å². The molecule has 1 aliphatic heterocycles. The number of carbonyl (C=O) groups excluding carboxylic acids is 3. The number of carbonyl (C=O) groups is 4. The summed E-state index contributed by atoms with van der Waals surface area (Å²) in [6.07, 6.45) is 48.9. The highest BCUT2D eigenvalue weighted by Crippen LogP contribution is 2.27. The van der Waals surface area contributed by atoms with Crippen molar-refractivity contribution in [2.24, 2.45) is 0 Å². The van der Waals surface area contributed by atoms with E-state index in [2.05, 4.69) is 32.9 Å². The molecule has 0 aromatic heterocycles. The average molecular weight is 1090 g/mol. The van der Waals surface area contributed by atoms with Crippen LogP contribution in [0.25, 0.3) is 0 Å². The van der Waals surface area contributed by atoms with Crippen molar-refractivity contribution >= 4 is 23.9 Å². The third-order valence-electron chi connectivity index (χ3n) is 15.3. The van der Waals surface area contributed by atoms with Gasteiger partial charge in [0.2, 0.25) is 0 Å². The van der Waals surface area contributed by atoms with Crippen LogP contribution < -0.4 is 0 Å². The lowest BCUT2D eigenvalue weighted by Crippen LogP contribution is -2.61. The Morgan fingerprint density at radius 1 is 0.416 bits per heavy atom. The lowest BCUT2D eigenvalue weighted by molar-refractivity contribution is -0.301. The Morgan fingerprint density at radius 3 is 1.10 bits per heavy atom. The van der Waals surface area contributed by atoms with E-state index in [0.717, 1.165) is 57.8 Å². The largest absolute Gasteiger partial charge is 0.479 e. The second-order valence-corrected chi connectivity index (χ2v) is 22.8. The van der Waals surface area contributed by atoms with E-state index in [1.807, 2.05) is 0 Å². The number of aliphatic hydroxyl groups excluding tert-OH is 2. The molecule has 0 amide bonds. The minimum absolute atomic E-state index is 0.0694. The zero-order chi connectivity index (χ0) is 56.1. The lowest BCUT2D eigenvalue weighted by Gasteiger charge is -2.40. The molecule has 0 aromatic rings. The molecule has 0 aromatic carbocycles. The van der Waals surface area contributed by atoms with Crippen molar-refractivity contribution in [2.45, 2.75) is 366 Å². The summed E-state index contributed by atoms with van der Waals surface area (Å²) < 4.78 is 28.5. The summed E-state index contributed by atoms with van der Waals surface area (Å²) in [6.45, 7) is 6.04. The Balaban J connectivity index is 2.60. The number of esters is 3. The summed E-state index contributed by atoms with van der Waals surface area (Å²) in [6, 6.07) is 0. The van der Waals surface area contributed by atoms with Gasteiger partial charge in [0.1, 0.15) is 18.8 Å². The molecule has 0 saturated carbocycles. The molecule has 1 aliphatic rings. The van der Waals surface area contributed by atoms with Gasteiger partial charge in [0.05, 0.1) is 6.61 Å². The van der Waals surface area contributed by atoms with Crippen LogP contribution in [-0.4, -0.2) is 89.2 Å². The minimum atomic E-state index is -1.90. The van der Waals surface area contributed by atoms with E-state index in [-0.39, 0.29) is 25.9 Å². The Hall–Kier alpha value is -2.54. The molecule has 3 N–H and O–H groups in total. The van der Waals surface area contributed by atoms with Crippen LogP contribution in [0.2, 0.25) is 0 Å². The summed E-state index contributed by atoms with van der Waals surface area (Å²) in [7, 11) is 0. The highest BCUT2D eigenvalue weighted by atomic mass is 16.7. The van der Waals surface area contributed by atoms with Gasteiger partial charge in [-0.15, -0.1) is 0 Å². The van der Waals surface area contributed by atoms with Crippen LogP contribution in [0, 0.1) is 0 Å². The van der Waals surface area contributed by atoms with E-state index in [0.29, 0.717) is 19.3 Å². The molecule has 0 radical (unpaired) electrons. The molecule has 1 heterocycles. The Bertz CT molecular complexity index is 1390. The first kappa shape index (κ1) is 72.5. The quantitative estimate of drug-likeness (QED) is 0.0228. The summed E-state index contributed by atoms with van der Waals surface area (Å²) in [5, 5.41) is 31.5. The molecular weight excluding hydrogens is 973 g/mol. The normalized spacial score (nSPS) is 18.0. The van der Waals surface area contributed by atoms with Crippen molar-refractivity contribution in [1.29, 1.82) is 0 Å². The Labute approximate surface area is 471 Å². The van der Waals surface area contributed by atoms with E-state index in [1.165, 1.54) is 212 Å². The number of ether oxygens (including phenoxy) is 5. The molecule has 12 nitrogen and oxygen atoms in total. The van der Waals surface area contributed by atoms with Crippen LogP contribution >= 0.6 is 0 Å². The fourth-order valence-corrected chi connectivity index (χ4v) is 10.3. The predicted octanol–water partition coefficient (Wildman–Crippen LogP) is 17.2.